The summed E-state index contributed by atoms with van der Waals surface area (Å²) >= 11 is 1.33. The zero-order valence-electron chi connectivity index (χ0n) is 15.1. The van der Waals surface area contributed by atoms with E-state index in [4.69, 9.17) is 0 Å². The third-order valence-corrected chi connectivity index (χ3v) is 5.03. The summed E-state index contributed by atoms with van der Waals surface area (Å²) in [7, 11) is 1.61. The van der Waals surface area contributed by atoms with Gasteiger partial charge in [0, 0.05) is 19.7 Å². The molecule has 0 atom stereocenters. The summed E-state index contributed by atoms with van der Waals surface area (Å²) in [4.78, 5) is 27.2. The highest BCUT2D eigenvalue weighted by atomic mass is 32.1. The standard InChI is InChI=1S/C21H18F2N2O2S/c1-25(21(27)19-7-4-10-28-19)18-6-3-2-5-17(18)20(26)24-9-8-14-11-15(22)13-16(23)12-14/h2-7,10-13H,8-9H2,1H3,(H,24,26). The van der Waals surface area contributed by atoms with Crippen LogP contribution >= 0.6 is 11.3 Å². The molecule has 0 aliphatic rings. The number of carbonyl (C=O) groups is 2. The van der Waals surface area contributed by atoms with Gasteiger partial charge in [-0.1, -0.05) is 18.2 Å². The Morgan fingerprint density at radius 3 is 2.43 bits per heavy atom. The van der Waals surface area contributed by atoms with Gasteiger partial charge in [0.2, 0.25) is 0 Å². The summed E-state index contributed by atoms with van der Waals surface area (Å²) in [5.41, 5.74) is 1.28. The Morgan fingerprint density at radius 2 is 1.75 bits per heavy atom. The van der Waals surface area contributed by atoms with Gasteiger partial charge in [-0.2, -0.15) is 0 Å². The number of benzene rings is 2. The molecule has 3 rings (SSSR count). The van der Waals surface area contributed by atoms with Crippen molar-refractivity contribution in [3.8, 4) is 0 Å². The van der Waals surface area contributed by atoms with E-state index in [1.165, 1.54) is 28.4 Å². The average molecular weight is 400 g/mol. The van der Waals surface area contributed by atoms with E-state index in [-0.39, 0.29) is 24.8 Å². The van der Waals surface area contributed by atoms with E-state index >= 15 is 0 Å². The van der Waals surface area contributed by atoms with Gasteiger partial charge in [-0.25, -0.2) is 8.78 Å². The van der Waals surface area contributed by atoms with E-state index in [1.807, 2.05) is 5.38 Å². The molecule has 0 spiro atoms. The number of amides is 2. The van der Waals surface area contributed by atoms with Crippen molar-refractivity contribution in [2.75, 3.05) is 18.5 Å². The second kappa shape index (κ2) is 8.75. The van der Waals surface area contributed by atoms with Crippen molar-refractivity contribution >= 4 is 28.8 Å². The number of halogens is 2. The summed E-state index contributed by atoms with van der Waals surface area (Å²) in [6.45, 7) is 0.207. The highest BCUT2D eigenvalue weighted by Crippen LogP contribution is 2.22. The predicted molar refractivity (Wildman–Crippen MR) is 106 cm³/mol. The lowest BCUT2D eigenvalue weighted by molar-refractivity contribution is 0.0954. The quantitative estimate of drug-likeness (QED) is 0.672. The Balaban J connectivity index is 1.69. The Kier molecular flexibility index (Phi) is 6.16. The van der Waals surface area contributed by atoms with Gasteiger partial charge < -0.3 is 10.2 Å². The second-order valence-electron chi connectivity index (χ2n) is 6.14. The zero-order chi connectivity index (χ0) is 20.1. The van der Waals surface area contributed by atoms with Crippen LogP contribution in [-0.4, -0.2) is 25.4 Å². The summed E-state index contributed by atoms with van der Waals surface area (Å²) in [5.74, 6) is -1.87. The first kappa shape index (κ1) is 19.7. The van der Waals surface area contributed by atoms with Gasteiger partial charge in [0.05, 0.1) is 16.1 Å². The SMILES string of the molecule is CN(C(=O)c1cccs1)c1ccccc1C(=O)NCCc1cc(F)cc(F)c1. The van der Waals surface area contributed by atoms with Crippen LogP contribution in [0.15, 0.2) is 60.0 Å². The Bertz CT molecular complexity index is 970. The van der Waals surface area contributed by atoms with Gasteiger partial charge in [0.1, 0.15) is 11.6 Å². The van der Waals surface area contributed by atoms with Crippen molar-refractivity contribution in [3.05, 3.63) is 87.6 Å². The van der Waals surface area contributed by atoms with Crippen LogP contribution in [-0.2, 0) is 6.42 Å². The molecule has 144 valence electrons. The molecule has 28 heavy (non-hydrogen) atoms. The third-order valence-electron chi connectivity index (χ3n) is 4.17. The first-order valence-electron chi connectivity index (χ1n) is 8.59. The van der Waals surface area contributed by atoms with E-state index < -0.39 is 11.6 Å². The van der Waals surface area contributed by atoms with E-state index in [0.29, 0.717) is 21.7 Å². The monoisotopic (exact) mass is 400 g/mol. The van der Waals surface area contributed by atoms with Crippen LogP contribution < -0.4 is 10.2 Å². The largest absolute Gasteiger partial charge is 0.352 e. The molecule has 2 amide bonds. The topological polar surface area (TPSA) is 49.4 Å². The summed E-state index contributed by atoms with van der Waals surface area (Å²) in [5, 5.41) is 4.55. The van der Waals surface area contributed by atoms with Crippen molar-refractivity contribution in [2.45, 2.75) is 6.42 Å². The molecule has 1 N–H and O–H groups in total. The predicted octanol–water partition coefficient (Wildman–Crippen LogP) is 4.28. The minimum atomic E-state index is -0.652. The molecule has 0 aliphatic heterocycles. The molecule has 0 radical (unpaired) electrons. The van der Waals surface area contributed by atoms with Crippen molar-refractivity contribution in [2.24, 2.45) is 0 Å². The normalized spacial score (nSPS) is 10.5. The lowest BCUT2D eigenvalue weighted by Crippen LogP contribution is -2.31. The Hall–Kier alpha value is -3.06. The number of nitrogens with one attached hydrogen (secondary N) is 1. The van der Waals surface area contributed by atoms with Crippen molar-refractivity contribution in [3.63, 3.8) is 0 Å². The fourth-order valence-corrected chi connectivity index (χ4v) is 3.50. The molecule has 4 nitrogen and oxygen atoms in total. The number of hydrogen-bond donors (Lipinski definition) is 1. The molecule has 0 unspecified atom stereocenters. The van der Waals surface area contributed by atoms with E-state index in [1.54, 1.807) is 43.4 Å². The van der Waals surface area contributed by atoms with Crippen molar-refractivity contribution in [1.82, 2.24) is 5.32 Å². The lowest BCUT2D eigenvalue weighted by atomic mass is 10.1. The van der Waals surface area contributed by atoms with Gasteiger partial charge in [-0.05, 0) is 47.7 Å². The first-order chi connectivity index (χ1) is 13.5. The maximum Gasteiger partial charge on any atom is 0.268 e. The molecule has 2 aromatic carbocycles. The van der Waals surface area contributed by atoms with E-state index in [0.717, 1.165) is 6.07 Å². The lowest BCUT2D eigenvalue weighted by Gasteiger charge is -2.20. The summed E-state index contributed by atoms with van der Waals surface area (Å²) in [6, 6.07) is 13.6. The van der Waals surface area contributed by atoms with Gasteiger partial charge >= 0.3 is 0 Å². The van der Waals surface area contributed by atoms with E-state index in [2.05, 4.69) is 5.32 Å². The second-order valence-corrected chi connectivity index (χ2v) is 7.09. The minimum Gasteiger partial charge on any atom is -0.352 e. The Labute approximate surface area is 165 Å². The highest BCUT2D eigenvalue weighted by molar-refractivity contribution is 7.12. The smallest absolute Gasteiger partial charge is 0.268 e. The number of carbonyl (C=O) groups excluding carboxylic acids is 2. The molecule has 0 saturated carbocycles. The number of thiophene rings is 1. The number of rotatable bonds is 6. The van der Waals surface area contributed by atoms with Crippen LogP contribution in [0.4, 0.5) is 14.5 Å². The number of nitrogens with zero attached hydrogens (tertiary/aromatic N) is 1. The van der Waals surface area contributed by atoms with Crippen LogP contribution in [0, 0.1) is 11.6 Å². The van der Waals surface area contributed by atoms with Gasteiger partial charge in [-0.3, -0.25) is 9.59 Å². The molecule has 0 saturated heterocycles. The number of hydrogen-bond acceptors (Lipinski definition) is 3. The van der Waals surface area contributed by atoms with Crippen LogP contribution in [0.2, 0.25) is 0 Å². The molecule has 0 bridgehead atoms. The number of anilines is 1. The molecule has 7 heteroatoms. The third kappa shape index (κ3) is 4.61. The van der Waals surface area contributed by atoms with Crippen LogP contribution in [0.1, 0.15) is 25.6 Å². The molecule has 1 heterocycles. The van der Waals surface area contributed by atoms with Crippen molar-refractivity contribution < 1.29 is 18.4 Å². The van der Waals surface area contributed by atoms with E-state index in [9.17, 15) is 18.4 Å². The molecule has 3 aromatic rings. The van der Waals surface area contributed by atoms with Gasteiger partial charge in [0.15, 0.2) is 0 Å². The van der Waals surface area contributed by atoms with Gasteiger partial charge in [-0.15, -0.1) is 11.3 Å². The van der Waals surface area contributed by atoms with Crippen LogP contribution in [0.5, 0.6) is 0 Å². The fourth-order valence-electron chi connectivity index (χ4n) is 2.80. The molecular formula is C21H18F2N2O2S. The zero-order valence-corrected chi connectivity index (χ0v) is 15.9. The van der Waals surface area contributed by atoms with Gasteiger partial charge in [0.25, 0.3) is 11.8 Å². The summed E-state index contributed by atoms with van der Waals surface area (Å²) < 4.78 is 26.5. The van der Waals surface area contributed by atoms with Crippen molar-refractivity contribution in [1.29, 1.82) is 0 Å². The number of para-hydroxylation sites is 1. The minimum absolute atomic E-state index is 0.203. The fraction of sp³-hybridized carbons (Fsp3) is 0.143. The summed E-state index contributed by atoms with van der Waals surface area (Å²) in [6.07, 6.45) is 0.284. The highest BCUT2D eigenvalue weighted by Gasteiger charge is 2.20. The molecule has 0 fully saturated rings. The maximum atomic E-state index is 13.2. The molecule has 0 aliphatic carbocycles. The first-order valence-corrected chi connectivity index (χ1v) is 9.47. The average Bonchev–Trinajstić information content (AvgIpc) is 3.21. The van der Waals surface area contributed by atoms with Crippen LogP contribution in [0.25, 0.3) is 0 Å². The molecular weight excluding hydrogens is 382 g/mol. The Morgan fingerprint density at radius 1 is 1.04 bits per heavy atom. The van der Waals surface area contributed by atoms with Crippen LogP contribution in [0.3, 0.4) is 0 Å². The molecule has 1 aromatic heterocycles. The maximum absolute atomic E-state index is 13.2.